The van der Waals surface area contributed by atoms with E-state index in [1.165, 1.54) is 5.56 Å². The molecule has 1 amide bonds. The Morgan fingerprint density at radius 3 is 2.58 bits per heavy atom. The van der Waals surface area contributed by atoms with Crippen LogP contribution in [0.4, 0.5) is 0 Å². The number of halogens is 1. The highest BCUT2D eigenvalue weighted by Gasteiger charge is 2.25. The molecule has 0 radical (unpaired) electrons. The second kappa shape index (κ2) is 6.22. The van der Waals surface area contributed by atoms with Crippen molar-refractivity contribution in [3.63, 3.8) is 0 Å². The van der Waals surface area contributed by atoms with Gasteiger partial charge in [0.05, 0.1) is 0 Å². The lowest BCUT2D eigenvalue weighted by atomic mass is 9.90. The summed E-state index contributed by atoms with van der Waals surface area (Å²) in [7, 11) is 0. The van der Waals surface area contributed by atoms with Crippen LogP contribution in [0.25, 0.3) is 0 Å². The number of rotatable bonds is 2. The monoisotopic (exact) mass is 372 g/mol. The van der Waals surface area contributed by atoms with Crippen molar-refractivity contribution < 1.29 is 4.79 Å². The molecule has 1 aliphatic rings. The third kappa shape index (κ3) is 3.48. The molecule has 0 aromatic heterocycles. The molecule has 1 heterocycles. The van der Waals surface area contributed by atoms with Crippen LogP contribution < -0.4 is 5.73 Å². The lowest BCUT2D eigenvalue weighted by Crippen LogP contribution is -2.42. The first-order valence-corrected chi connectivity index (χ1v) is 7.88. The first kappa shape index (κ1) is 14.8. The summed E-state index contributed by atoms with van der Waals surface area (Å²) in [5.41, 5.74) is 7.95. The van der Waals surface area contributed by atoms with Crippen molar-refractivity contribution in [2.45, 2.75) is 32.7 Å². The molecule has 1 aliphatic heterocycles. The molecule has 1 aromatic rings. The predicted molar refractivity (Wildman–Crippen MR) is 86.2 cm³/mol. The van der Waals surface area contributed by atoms with Crippen molar-refractivity contribution in [3.05, 3.63) is 32.9 Å². The van der Waals surface area contributed by atoms with Gasteiger partial charge in [0.2, 0.25) is 0 Å². The van der Waals surface area contributed by atoms with Crippen LogP contribution in [0, 0.1) is 16.4 Å². The summed E-state index contributed by atoms with van der Waals surface area (Å²) in [6.45, 7) is 5.78. The zero-order valence-corrected chi connectivity index (χ0v) is 13.7. The van der Waals surface area contributed by atoms with Crippen molar-refractivity contribution in [2.24, 2.45) is 11.7 Å². The quantitative estimate of drug-likeness (QED) is 0.812. The van der Waals surface area contributed by atoms with E-state index in [2.05, 4.69) is 36.4 Å². The lowest BCUT2D eigenvalue weighted by molar-refractivity contribution is 0.0681. The van der Waals surface area contributed by atoms with Gasteiger partial charge < -0.3 is 10.6 Å². The maximum absolute atomic E-state index is 12.4. The molecule has 104 valence electrons. The van der Waals surface area contributed by atoms with Gasteiger partial charge in [-0.25, -0.2) is 0 Å². The minimum atomic E-state index is 0.154. The van der Waals surface area contributed by atoms with Crippen molar-refractivity contribution in [3.8, 4) is 0 Å². The van der Waals surface area contributed by atoms with E-state index in [1.807, 2.05) is 23.1 Å². The summed E-state index contributed by atoms with van der Waals surface area (Å²) >= 11 is 2.28. The summed E-state index contributed by atoms with van der Waals surface area (Å²) in [6, 6.07) is 6.16. The molecule has 2 rings (SSSR count). The summed E-state index contributed by atoms with van der Waals surface area (Å²) in [5.74, 6) is 0.711. The summed E-state index contributed by atoms with van der Waals surface area (Å²) in [5, 5.41) is 0. The fourth-order valence-electron chi connectivity index (χ4n) is 2.54. The van der Waals surface area contributed by atoms with Crippen LogP contribution in [0.3, 0.4) is 0 Å². The second-order valence-electron chi connectivity index (χ2n) is 5.45. The summed E-state index contributed by atoms with van der Waals surface area (Å²) in [6.07, 6.45) is 2.04. The number of piperidine rings is 1. The maximum Gasteiger partial charge on any atom is 0.253 e. The highest BCUT2D eigenvalue weighted by atomic mass is 127. The number of carbonyl (C=O) groups is 1. The molecule has 2 N–H and O–H groups in total. The highest BCUT2D eigenvalue weighted by Crippen LogP contribution is 2.22. The molecule has 1 unspecified atom stereocenters. The average Bonchev–Trinajstić information content (AvgIpc) is 2.41. The largest absolute Gasteiger partial charge is 0.339 e. The zero-order valence-electron chi connectivity index (χ0n) is 11.5. The number of hydrogen-bond acceptors (Lipinski definition) is 2. The fraction of sp³-hybridized carbons (Fsp3) is 0.533. The zero-order chi connectivity index (χ0) is 14.0. The van der Waals surface area contributed by atoms with Crippen molar-refractivity contribution in [2.75, 3.05) is 13.1 Å². The lowest BCUT2D eigenvalue weighted by Gasteiger charge is -2.33. The van der Waals surface area contributed by atoms with Gasteiger partial charge in [0.1, 0.15) is 0 Å². The molecule has 4 heteroatoms. The predicted octanol–water partition coefficient (Wildman–Crippen LogP) is 2.80. The van der Waals surface area contributed by atoms with Gasteiger partial charge >= 0.3 is 0 Å². The van der Waals surface area contributed by atoms with Gasteiger partial charge in [-0.3, -0.25) is 4.79 Å². The van der Waals surface area contributed by atoms with Crippen LogP contribution in [0.15, 0.2) is 18.2 Å². The summed E-state index contributed by atoms with van der Waals surface area (Å²) < 4.78 is 1.15. The van der Waals surface area contributed by atoms with Gasteiger partial charge in [-0.2, -0.15) is 0 Å². The smallest absolute Gasteiger partial charge is 0.253 e. The van der Waals surface area contributed by atoms with Gasteiger partial charge in [-0.15, -0.1) is 0 Å². The number of nitrogens with zero attached hydrogens (tertiary/aromatic N) is 1. The Hall–Kier alpha value is -0.620. The molecule has 0 saturated carbocycles. The molecular formula is C15H21IN2O. The van der Waals surface area contributed by atoms with Crippen LogP contribution in [-0.4, -0.2) is 29.9 Å². The topological polar surface area (TPSA) is 46.3 Å². The van der Waals surface area contributed by atoms with E-state index in [4.69, 9.17) is 5.73 Å². The Balaban J connectivity index is 2.03. The number of amides is 1. The Morgan fingerprint density at radius 1 is 1.42 bits per heavy atom. The number of hydrogen-bond donors (Lipinski definition) is 1. The minimum Gasteiger partial charge on any atom is -0.339 e. The molecule has 19 heavy (non-hydrogen) atoms. The van der Waals surface area contributed by atoms with Crippen molar-refractivity contribution in [1.82, 2.24) is 4.90 Å². The Kier molecular flexibility index (Phi) is 4.84. The van der Waals surface area contributed by atoms with Gasteiger partial charge in [0, 0.05) is 28.3 Å². The van der Waals surface area contributed by atoms with Crippen molar-refractivity contribution >= 4 is 28.5 Å². The van der Waals surface area contributed by atoms with E-state index in [9.17, 15) is 4.79 Å². The average molecular weight is 372 g/mol. The van der Waals surface area contributed by atoms with E-state index in [1.54, 1.807) is 0 Å². The molecule has 1 fully saturated rings. The molecule has 1 aromatic carbocycles. The van der Waals surface area contributed by atoms with Gasteiger partial charge in [-0.1, -0.05) is 6.07 Å². The van der Waals surface area contributed by atoms with E-state index in [0.717, 1.165) is 35.1 Å². The van der Waals surface area contributed by atoms with Gasteiger partial charge in [-0.05, 0) is 72.9 Å². The van der Waals surface area contributed by atoms with Crippen LogP contribution >= 0.6 is 22.6 Å². The minimum absolute atomic E-state index is 0.154. The molecule has 1 saturated heterocycles. The molecule has 0 aliphatic carbocycles. The van der Waals surface area contributed by atoms with Crippen LogP contribution in [0.2, 0.25) is 0 Å². The molecule has 0 bridgehead atoms. The number of aryl methyl sites for hydroxylation is 1. The first-order valence-electron chi connectivity index (χ1n) is 6.80. The van der Waals surface area contributed by atoms with Crippen LogP contribution in [0.5, 0.6) is 0 Å². The third-order valence-electron chi connectivity index (χ3n) is 3.99. The second-order valence-corrected chi connectivity index (χ2v) is 6.61. The maximum atomic E-state index is 12.4. The summed E-state index contributed by atoms with van der Waals surface area (Å²) in [4.78, 5) is 14.4. The number of carbonyl (C=O) groups excluding carboxylic acids is 1. The number of benzene rings is 1. The molecular weight excluding hydrogens is 351 g/mol. The Morgan fingerprint density at radius 2 is 2.05 bits per heavy atom. The van der Waals surface area contributed by atoms with Gasteiger partial charge in [0.25, 0.3) is 5.91 Å². The highest BCUT2D eigenvalue weighted by molar-refractivity contribution is 14.1. The number of nitrogens with two attached hydrogens (primary N) is 1. The Labute approximate surface area is 128 Å². The fourth-order valence-corrected chi connectivity index (χ4v) is 3.05. The van der Waals surface area contributed by atoms with Crippen molar-refractivity contribution in [1.29, 1.82) is 0 Å². The molecule has 1 atom stereocenters. The van der Waals surface area contributed by atoms with Crippen LogP contribution in [-0.2, 0) is 0 Å². The van der Waals surface area contributed by atoms with E-state index in [-0.39, 0.29) is 11.9 Å². The normalized spacial score (nSPS) is 18.4. The third-order valence-corrected chi connectivity index (χ3v) is 5.15. The van der Waals surface area contributed by atoms with E-state index >= 15 is 0 Å². The first-order chi connectivity index (χ1) is 8.99. The number of likely N-dealkylation sites (tertiary alicyclic amines) is 1. The molecule has 3 nitrogen and oxygen atoms in total. The van der Waals surface area contributed by atoms with E-state index in [0.29, 0.717) is 5.92 Å². The van der Waals surface area contributed by atoms with Gasteiger partial charge in [0.15, 0.2) is 0 Å². The Bertz CT molecular complexity index is 465. The standard InChI is InChI=1S/C15H21IN2O/c1-10-3-4-13(9-14(10)16)15(19)18-7-5-12(6-8-18)11(2)17/h3-4,9,11-12H,5-8,17H2,1-2H3. The SMILES string of the molecule is Cc1ccc(C(=O)N2CCC(C(C)N)CC2)cc1I. The van der Waals surface area contributed by atoms with Crippen LogP contribution in [0.1, 0.15) is 35.7 Å². The molecule has 0 spiro atoms. The van der Waals surface area contributed by atoms with E-state index < -0.39 is 0 Å².